The molecule has 0 aliphatic heterocycles. The summed E-state index contributed by atoms with van der Waals surface area (Å²) in [5, 5.41) is 6.10. The lowest BCUT2D eigenvalue weighted by atomic mass is 10.2. The molecule has 1 amide bonds. The number of ether oxygens (including phenoxy) is 2. The molecule has 1 heterocycles. The van der Waals surface area contributed by atoms with Gasteiger partial charge >= 0.3 is 0 Å². The number of carbonyl (C=O) groups excluding carboxylic acids is 1. The third kappa shape index (κ3) is 5.08. The molecule has 1 fully saturated rings. The summed E-state index contributed by atoms with van der Waals surface area (Å²) in [5.74, 6) is 1.87. The van der Waals surface area contributed by atoms with Crippen LogP contribution in [0.5, 0.6) is 11.5 Å². The lowest BCUT2D eigenvalue weighted by Gasteiger charge is -2.11. The van der Waals surface area contributed by atoms with Gasteiger partial charge in [0.25, 0.3) is 5.91 Å². The van der Waals surface area contributed by atoms with Crippen LogP contribution in [0, 0.1) is 0 Å². The Balaban J connectivity index is 1.39. The zero-order valence-corrected chi connectivity index (χ0v) is 14.9. The summed E-state index contributed by atoms with van der Waals surface area (Å²) in [7, 11) is 1.62. The second-order valence-corrected chi connectivity index (χ2v) is 6.20. The fourth-order valence-corrected chi connectivity index (χ4v) is 2.88. The molecule has 1 aromatic carbocycles. The third-order valence-corrected chi connectivity index (χ3v) is 4.32. The first-order valence-electron chi connectivity index (χ1n) is 8.88. The average molecular weight is 356 g/mol. The number of nitrogens with zero attached hydrogens (tertiary/aromatic N) is 2. The van der Waals surface area contributed by atoms with Crippen molar-refractivity contribution in [1.82, 2.24) is 15.3 Å². The molecule has 26 heavy (non-hydrogen) atoms. The van der Waals surface area contributed by atoms with Gasteiger partial charge in [-0.25, -0.2) is 9.97 Å². The van der Waals surface area contributed by atoms with E-state index < -0.39 is 0 Å². The van der Waals surface area contributed by atoms with E-state index in [2.05, 4.69) is 20.6 Å². The number of hydrogen-bond acceptors (Lipinski definition) is 6. The number of rotatable bonds is 8. The van der Waals surface area contributed by atoms with Gasteiger partial charge in [0.1, 0.15) is 18.1 Å². The van der Waals surface area contributed by atoms with Crippen molar-refractivity contribution in [2.45, 2.75) is 31.7 Å². The smallest absolute Gasteiger partial charge is 0.254 e. The van der Waals surface area contributed by atoms with Crippen molar-refractivity contribution in [3.05, 3.63) is 42.2 Å². The maximum absolute atomic E-state index is 12.1. The average Bonchev–Trinajstić information content (AvgIpc) is 3.19. The minimum absolute atomic E-state index is 0.212. The number of anilines is 1. The van der Waals surface area contributed by atoms with Gasteiger partial charge in [-0.15, -0.1) is 0 Å². The zero-order chi connectivity index (χ0) is 18.2. The molecule has 0 unspecified atom stereocenters. The Bertz CT molecular complexity index is 698. The van der Waals surface area contributed by atoms with Crippen molar-refractivity contribution in [2.75, 3.05) is 25.6 Å². The Morgan fingerprint density at radius 2 is 1.77 bits per heavy atom. The number of nitrogens with one attached hydrogen (secondary N) is 2. The molecular weight excluding hydrogens is 332 g/mol. The second-order valence-electron chi connectivity index (χ2n) is 6.20. The lowest BCUT2D eigenvalue weighted by Crippen LogP contribution is -2.28. The van der Waals surface area contributed by atoms with Crippen LogP contribution >= 0.6 is 0 Å². The molecule has 0 bridgehead atoms. The molecular formula is C19H24N4O3. The molecule has 2 aromatic rings. The number of benzene rings is 1. The predicted octanol–water partition coefficient (Wildman–Crippen LogP) is 2.65. The molecule has 0 atom stereocenters. The summed E-state index contributed by atoms with van der Waals surface area (Å²) in [4.78, 5) is 20.6. The highest BCUT2D eigenvalue weighted by molar-refractivity contribution is 5.93. The van der Waals surface area contributed by atoms with Gasteiger partial charge < -0.3 is 20.1 Å². The molecule has 1 saturated carbocycles. The van der Waals surface area contributed by atoms with E-state index in [-0.39, 0.29) is 5.91 Å². The fraction of sp³-hybridized carbons (Fsp3) is 0.421. The SMILES string of the molecule is COc1ccc(OCCNC(=O)c2cnc(NC3CCCC3)nc2)cc1. The van der Waals surface area contributed by atoms with Gasteiger partial charge in [0.2, 0.25) is 5.95 Å². The molecule has 0 saturated heterocycles. The standard InChI is InChI=1S/C19H24N4O3/c1-25-16-6-8-17(9-7-16)26-11-10-20-18(24)14-12-21-19(22-13-14)23-15-4-2-3-5-15/h6-9,12-13,15H,2-5,10-11H2,1H3,(H,20,24)(H,21,22,23). The summed E-state index contributed by atoms with van der Waals surface area (Å²) in [6, 6.07) is 7.75. The van der Waals surface area contributed by atoms with Gasteiger partial charge in [0.05, 0.1) is 19.2 Å². The van der Waals surface area contributed by atoms with Crippen molar-refractivity contribution < 1.29 is 14.3 Å². The van der Waals surface area contributed by atoms with Gasteiger partial charge in [0, 0.05) is 18.4 Å². The van der Waals surface area contributed by atoms with E-state index in [1.54, 1.807) is 19.5 Å². The monoisotopic (exact) mass is 356 g/mol. The molecule has 2 N–H and O–H groups in total. The molecule has 0 spiro atoms. The van der Waals surface area contributed by atoms with Crippen LogP contribution in [-0.4, -0.2) is 42.2 Å². The van der Waals surface area contributed by atoms with Gasteiger partial charge in [-0.2, -0.15) is 0 Å². The highest BCUT2D eigenvalue weighted by Gasteiger charge is 2.15. The van der Waals surface area contributed by atoms with E-state index in [1.807, 2.05) is 24.3 Å². The molecule has 1 aromatic heterocycles. The topological polar surface area (TPSA) is 85.4 Å². The number of hydrogen-bond donors (Lipinski definition) is 2. The third-order valence-electron chi connectivity index (χ3n) is 4.32. The molecule has 1 aliphatic rings. The molecule has 7 nitrogen and oxygen atoms in total. The summed E-state index contributed by atoms with van der Waals surface area (Å²) in [6.45, 7) is 0.771. The Morgan fingerprint density at radius 3 is 2.42 bits per heavy atom. The van der Waals surface area contributed by atoms with E-state index in [0.717, 1.165) is 24.3 Å². The normalized spacial score (nSPS) is 14.0. The van der Waals surface area contributed by atoms with E-state index >= 15 is 0 Å². The maximum atomic E-state index is 12.1. The molecule has 138 valence electrons. The first-order chi connectivity index (χ1) is 12.7. The van der Waals surface area contributed by atoms with Gasteiger partial charge in [-0.05, 0) is 37.1 Å². The van der Waals surface area contributed by atoms with E-state index in [0.29, 0.717) is 30.7 Å². The number of amides is 1. The Hall–Kier alpha value is -2.83. The van der Waals surface area contributed by atoms with Gasteiger partial charge in [0.15, 0.2) is 0 Å². The number of carbonyl (C=O) groups is 1. The predicted molar refractivity (Wildman–Crippen MR) is 98.7 cm³/mol. The summed E-state index contributed by atoms with van der Waals surface area (Å²) in [5.41, 5.74) is 0.436. The van der Waals surface area contributed by atoms with Crippen LogP contribution in [0.15, 0.2) is 36.7 Å². The van der Waals surface area contributed by atoms with Crippen molar-refractivity contribution in [3.8, 4) is 11.5 Å². The van der Waals surface area contributed by atoms with Crippen LogP contribution in [-0.2, 0) is 0 Å². The van der Waals surface area contributed by atoms with Crippen molar-refractivity contribution in [1.29, 1.82) is 0 Å². The summed E-state index contributed by atoms with van der Waals surface area (Å²) in [6.07, 6.45) is 7.89. The summed E-state index contributed by atoms with van der Waals surface area (Å²) < 4.78 is 10.7. The van der Waals surface area contributed by atoms with Crippen LogP contribution in [0.2, 0.25) is 0 Å². The van der Waals surface area contributed by atoms with Crippen LogP contribution < -0.4 is 20.1 Å². The van der Waals surface area contributed by atoms with E-state index in [4.69, 9.17) is 9.47 Å². The Morgan fingerprint density at radius 1 is 1.12 bits per heavy atom. The minimum Gasteiger partial charge on any atom is -0.497 e. The van der Waals surface area contributed by atoms with Crippen molar-refractivity contribution in [2.24, 2.45) is 0 Å². The van der Waals surface area contributed by atoms with Gasteiger partial charge in [-0.1, -0.05) is 12.8 Å². The summed E-state index contributed by atoms with van der Waals surface area (Å²) >= 11 is 0. The number of aromatic nitrogens is 2. The largest absolute Gasteiger partial charge is 0.497 e. The van der Waals surface area contributed by atoms with Crippen LogP contribution in [0.4, 0.5) is 5.95 Å². The molecule has 3 rings (SSSR count). The Kier molecular flexibility index (Phi) is 6.24. The van der Waals surface area contributed by atoms with E-state index in [9.17, 15) is 4.79 Å². The molecule has 0 radical (unpaired) electrons. The van der Waals surface area contributed by atoms with Crippen LogP contribution in [0.3, 0.4) is 0 Å². The van der Waals surface area contributed by atoms with Gasteiger partial charge in [-0.3, -0.25) is 4.79 Å². The second kappa shape index (κ2) is 9.03. The quantitative estimate of drug-likeness (QED) is 0.707. The first kappa shape index (κ1) is 18.0. The zero-order valence-electron chi connectivity index (χ0n) is 14.9. The minimum atomic E-state index is -0.212. The van der Waals surface area contributed by atoms with Crippen LogP contribution in [0.1, 0.15) is 36.0 Å². The molecule has 7 heteroatoms. The van der Waals surface area contributed by atoms with E-state index in [1.165, 1.54) is 12.8 Å². The van der Waals surface area contributed by atoms with Crippen molar-refractivity contribution in [3.63, 3.8) is 0 Å². The highest BCUT2D eigenvalue weighted by Crippen LogP contribution is 2.20. The molecule has 1 aliphatic carbocycles. The first-order valence-corrected chi connectivity index (χ1v) is 8.88. The Labute approximate surface area is 153 Å². The fourth-order valence-electron chi connectivity index (χ4n) is 2.88. The van der Waals surface area contributed by atoms with Crippen LogP contribution in [0.25, 0.3) is 0 Å². The lowest BCUT2D eigenvalue weighted by molar-refractivity contribution is 0.0946. The maximum Gasteiger partial charge on any atom is 0.254 e. The number of methoxy groups -OCH3 is 1. The van der Waals surface area contributed by atoms with Crippen molar-refractivity contribution >= 4 is 11.9 Å². The highest BCUT2D eigenvalue weighted by atomic mass is 16.5.